The summed E-state index contributed by atoms with van der Waals surface area (Å²) < 4.78 is 23.3. The van der Waals surface area contributed by atoms with Gasteiger partial charge in [-0.25, -0.2) is 8.42 Å². The third-order valence-corrected chi connectivity index (χ3v) is 6.59. The van der Waals surface area contributed by atoms with Crippen molar-refractivity contribution in [3.05, 3.63) is 0 Å². The Balaban J connectivity index is 1.64. The molecule has 0 radical (unpaired) electrons. The first-order valence-corrected chi connectivity index (χ1v) is 9.61. The average Bonchev–Trinajstić information content (AvgIpc) is 2.98. The molecule has 3 fully saturated rings. The summed E-state index contributed by atoms with van der Waals surface area (Å²) in [5.74, 6) is 0.0450. The lowest BCUT2D eigenvalue weighted by molar-refractivity contribution is -0.141. The van der Waals surface area contributed by atoms with Gasteiger partial charge >= 0.3 is 0 Å². The van der Waals surface area contributed by atoms with Crippen LogP contribution in [0.2, 0.25) is 0 Å². The quantitative estimate of drug-likeness (QED) is 0.754. The highest BCUT2D eigenvalue weighted by molar-refractivity contribution is 7.91. The lowest BCUT2D eigenvalue weighted by Gasteiger charge is -2.26. The molecule has 1 aliphatic carbocycles. The van der Waals surface area contributed by atoms with Crippen LogP contribution in [0.4, 0.5) is 0 Å². The predicted molar refractivity (Wildman–Crippen MR) is 77.3 cm³/mol. The number of sulfone groups is 1. The Morgan fingerprint density at radius 2 is 1.76 bits per heavy atom. The van der Waals surface area contributed by atoms with Gasteiger partial charge in [0.05, 0.1) is 24.0 Å². The fraction of sp³-hybridized carbons (Fsp3) is 0.857. The molecule has 2 heterocycles. The highest BCUT2D eigenvalue weighted by Crippen LogP contribution is 2.28. The van der Waals surface area contributed by atoms with Crippen LogP contribution < -0.4 is 5.32 Å². The molecule has 3 rings (SSSR count). The maximum Gasteiger partial charge on any atom is 0.247 e. The number of nitrogens with one attached hydrogen (secondary N) is 1. The van der Waals surface area contributed by atoms with Crippen LogP contribution in [-0.2, 0) is 19.4 Å². The van der Waals surface area contributed by atoms with Crippen molar-refractivity contribution in [2.75, 3.05) is 11.5 Å². The van der Waals surface area contributed by atoms with E-state index in [1.165, 1.54) is 4.90 Å². The molecule has 1 saturated carbocycles. The molecule has 2 amide bonds. The van der Waals surface area contributed by atoms with E-state index >= 15 is 0 Å². The zero-order valence-corrected chi connectivity index (χ0v) is 12.9. The molecule has 3 aliphatic rings. The van der Waals surface area contributed by atoms with Crippen LogP contribution in [0.15, 0.2) is 0 Å². The van der Waals surface area contributed by atoms with E-state index in [1.54, 1.807) is 0 Å². The second-order valence-corrected chi connectivity index (χ2v) is 8.65. The number of likely N-dealkylation sites (tertiary alicyclic amines) is 1. The van der Waals surface area contributed by atoms with Gasteiger partial charge in [0.2, 0.25) is 11.8 Å². The molecule has 0 aromatic heterocycles. The van der Waals surface area contributed by atoms with E-state index in [0.717, 1.165) is 32.1 Å². The first kappa shape index (κ1) is 15.0. The second kappa shape index (κ2) is 5.68. The summed E-state index contributed by atoms with van der Waals surface area (Å²) >= 11 is 0. The highest BCUT2D eigenvalue weighted by Gasteiger charge is 2.44. The van der Waals surface area contributed by atoms with Crippen molar-refractivity contribution in [1.29, 1.82) is 0 Å². The molecule has 7 heteroatoms. The minimum atomic E-state index is -3.01. The average molecular weight is 314 g/mol. The molecule has 0 aromatic rings. The molecular weight excluding hydrogens is 292 g/mol. The molecule has 2 unspecified atom stereocenters. The van der Waals surface area contributed by atoms with Gasteiger partial charge in [-0.2, -0.15) is 0 Å². The van der Waals surface area contributed by atoms with Crippen molar-refractivity contribution >= 4 is 21.7 Å². The Hall–Kier alpha value is -0.950. The summed E-state index contributed by atoms with van der Waals surface area (Å²) in [5.41, 5.74) is 0. The van der Waals surface area contributed by atoms with E-state index in [2.05, 4.69) is 5.32 Å². The Bertz CT molecular complexity index is 539. The van der Waals surface area contributed by atoms with Gasteiger partial charge < -0.3 is 5.32 Å². The zero-order chi connectivity index (χ0) is 15.0. The van der Waals surface area contributed by atoms with Gasteiger partial charge in [-0.3, -0.25) is 14.5 Å². The largest absolute Gasteiger partial charge is 0.302 e. The third kappa shape index (κ3) is 3.13. The van der Waals surface area contributed by atoms with Crippen molar-refractivity contribution in [2.45, 2.75) is 63.1 Å². The van der Waals surface area contributed by atoms with Crippen LogP contribution in [0.1, 0.15) is 44.9 Å². The van der Waals surface area contributed by atoms with Gasteiger partial charge in [0.15, 0.2) is 9.84 Å². The summed E-state index contributed by atoms with van der Waals surface area (Å²) in [4.78, 5) is 26.0. The first-order chi connectivity index (χ1) is 9.96. The summed E-state index contributed by atoms with van der Waals surface area (Å²) in [6.45, 7) is 0. The molecule has 2 aliphatic heterocycles. The second-order valence-electron chi connectivity index (χ2n) is 6.42. The number of hydrogen-bond donors (Lipinski definition) is 1. The van der Waals surface area contributed by atoms with E-state index in [9.17, 15) is 18.0 Å². The Morgan fingerprint density at radius 3 is 2.43 bits per heavy atom. The van der Waals surface area contributed by atoms with Gasteiger partial charge in [0.1, 0.15) is 0 Å². The van der Waals surface area contributed by atoms with E-state index in [0.29, 0.717) is 6.42 Å². The van der Waals surface area contributed by atoms with Crippen LogP contribution in [0.5, 0.6) is 0 Å². The summed E-state index contributed by atoms with van der Waals surface area (Å²) in [7, 11) is -3.01. The number of nitrogens with zero attached hydrogens (tertiary/aromatic N) is 1. The Labute approximate surface area is 125 Å². The number of amides is 2. The SMILES string of the molecule is O=C1CC(NC2CCCS(=O)(=O)C2)C(=O)N1C1CCCC1. The molecule has 0 bridgehead atoms. The van der Waals surface area contributed by atoms with Crippen LogP contribution in [-0.4, -0.2) is 54.8 Å². The number of hydrogen-bond acceptors (Lipinski definition) is 5. The van der Waals surface area contributed by atoms with Gasteiger partial charge in [-0.1, -0.05) is 12.8 Å². The number of rotatable bonds is 3. The van der Waals surface area contributed by atoms with E-state index in [4.69, 9.17) is 0 Å². The third-order valence-electron chi connectivity index (χ3n) is 4.77. The maximum absolute atomic E-state index is 12.4. The van der Waals surface area contributed by atoms with Crippen molar-refractivity contribution < 1.29 is 18.0 Å². The van der Waals surface area contributed by atoms with E-state index in [-0.39, 0.29) is 41.8 Å². The summed E-state index contributed by atoms with van der Waals surface area (Å²) in [5, 5.41) is 3.12. The van der Waals surface area contributed by atoms with Gasteiger partial charge in [0, 0.05) is 12.1 Å². The minimum absolute atomic E-state index is 0.0619. The van der Waals surface area contributed by atoms with Gasteiger partial charge in [-0.15, -0.1) is 0 Å². The van der Waals surface area contributed by atoms with Gasteiger partial charge in [-0.05, 0) is 25.7 Å². The number of carbonyl (C=O) groups excluding carboxylic acids is 2. The molecule has 21 heavy (non-hydrogen) atoms. The van der Waals surface area contributed by atoms with E-state index in [1.807, 2.05) is 0 Å². The van der Waals surface area contributed by atoms with Crippen LogP contribution in [0.25, 0.3) is 0 Å². The fourth-order valence-electron chi connectivity index (χ4n) is 3.77. The lowest BCUT2D eigenvalue weighted by Crippen LogP contribution is -2.49. The molecule has 6 nitrogen and oxygen atoms in total. The fourth-order valence-corrected chi connectivity index (χ4v) is 5.42. The Morgan fingerprint density at radius 1 is 1.05 bits per heavy atom. The van der Waals surface area contributed by atoms with Crippen molar-refractivity contribution in [1.82, 2.24) is 10.2 Å². The summed E-state index contributed by atoms with van der Waals surface area (Å²) in [6, 6.07) is -0.669. The van der Waals surface area contributed by atoms with Gasteiger partial charge in [0.25, 0.3) is 0 Å². The zero-order valence-electron chi connectivity index (χ0n) is 12.1. The minimum Gasteiger partial charge on any atom is -0.302 e. The molecule has 118 valence electrons. The standard InChI is InChI=1S/C14H22N2O4S/c17-13-8-12(14(18)16(13)11-5-1-2-6-11)15-10-4-3-7-21(19,20)9-10/h10-12,15H,1-9H2. The normalized spacial score (nSPS) is 33.8. The number of carbonyl (C=O) groups is 2. The Kier molecular flexibility index (Phi) is 4.05. The monoisotopic (exact) mass is 314 g/mol. The highest BCUT2D eigenvalue weighted by atomic mass is 32.2. The predicted octanol–water partition coefficient (Wildman–Crippen LogP) is 0.223. The lowest BCUT2D eigenvalue weighted by atomic mass is 10.1. The van der Waals surface area contributed by atoms with Crippen molar-refractivity contribution in [3.63, 3.8) is 0 Å². The summed E-state index contributed by atoms with van der Waals surface area (Å²) in [6.07, 6.45) is 5.50. The van der Waals surface area contributed by atoms with E-state index < -0.39 is 15.9 Å². The first-order valence-electron chi connectivity index (χ1n) is 7.79. The molecule has 2 saturated heterocycles. The van der Waals surface area contributed by atoms with Crippen molar-refractivity contribution in [2.24, 2.45) is 0 Å². The molecule has 2 atom stereocenters. The maximum atomic E-state index is 12.4. The molecular formula is C14H22N2O4S. The molecule has 0 aromatic carbocycles. The molecule has 1 N–H and O–H groups in total. The van der Waals surface area contributed by atoms with Crippen LogP contribution >= 0.6 is 0 Å². The smallest absolute Gasteiger partial charge is 0.247 e. The van der Waals surface area contributed by atoms with Crippen LogP contribution in [0, 0.1) is 0 Å². The number of imide groups is 1. The van der Waals surface area contributed by atoms with Crippen molar-refractivity contribution in [3.8, 4) is 0 Å². The van der Waals surface area contributed by atoms with Crippen LogP contribution in [0.3, 0.4) is 0 Å². The molecule has 0 spiro atoms. The topological polar surface area (TPSA) is 83.5 Å².